The molecule has 8 nitrogen and oxygen atoms in total. The van der Waals surface area contributed by atoms with Gasteiger partial charge in [0.25, 0.3) is 5.56 Å². The summed E-state index contributed by atoms with van der Waals surface area (Å²) in [6, 6.07) is 19.3. The number of halogens is 1. The zero-order chi connectivity index (χ0) is 29.1. The molecule has 0 spiro atoms. The van der Waals surface area contributed by atoms with Gasteiger partial charge in [-0.3, -0.25) is 18.9 Å². The third-order valence-corrected chi connectivity index (χ3v) is 6.70. The van der Waals surface area contributed by atoms with Crippen molar-refractivity contribution in [3.63, 3.8) is 0 Å². The van der Waals surface area contributed by atoms with E-state index in [2.05, 4.69) is 14.7 Å². The molecule has 0 aliphatic heterocycles. The minimum absolute atomic E-state index is 0. The summed E-state index contributed by atoms with van der Waals surface area (Å²) in [5.41, 5.74) is 3.76. The van der Waals surface area contributed by atoms with Crippen molar-refractivity contribution in [1.29, 1.82) is 0 Å². The summed E-state index contributed by atoms with van der Waals surface area (Å²) in [6.45, 7) is 7.95. The maximum atomic E-state index is 15.6. The molecule has 0 aliphatic carbocycles. The van der Waals surface area contributed by atoms with E-state index >= 15 is 4.39 Å². The average Bonchev–Trinajstić information content (AvgIpc) is 3.38. The molecule has 2 heterocycles. The van der Waals surface area contributed by atoms with Gasteiger partial charge in [-0.2, -0.15) is 0 Å². The van der Waals surface area contributed by atoms with Crippen LogP contribution in [0.2, 0.25) is 0 Å². The Balaban J connectivity index is 0.00000253. The minimum Gasteiger partial charge on any atom is -1.00 e. The Morgan fingerprint density at radius 2 is 1.74 bits per heavy atom. The number of benzene rings is 3. The van der Waals surface area contributed by atoms with E-state index in [1.165, 1.54) is 6.07 Å². The molecule has 0 fully saturated rings. The molecule has 0 saturated carbocycles. The molecule has 1 N–H and O–H groups in total. The quantitative estimate of drug-likeness (QED) is 0.263. The topological polar surface area (TPSA) is 103 Å². The number of hydrogen-bond donors (Lipinski definition) is 1. The molecule has 42 heavy (non-hydrogen) atoms. The number of aromatic nitrogens is 4. The van der Waals surface area contributed by atoms with Crippen LogP contribution in [-0.4, -0.2) is 25.8 Å². The van der Waals surface area contributed by atoms with Crippen LogP contribution in [0.25, 0.3) is 33.6 Å². The first kappa shape index (κ1) is 31.8. The van der Waals surface area contributed by atoms with Crippen molar-refractivity contribution in [3.8, 4) is 39.4 Å². The van der Waals surface area contributed by atoms with Gasteiger partial charge in [0.15, 0.2) is 5.82 Å². The van der Waals surface area contributed by atoms with Gasteiger partial charge < -0.3 is 6.16 Å². The van der Waals surface area contributed by atoms with Crippen LogP contribution in [0.5, 0.6) is 5.75 Å². The molecule has 212 valence electrons. The monoisotopic (exact) mass is 594 g/mol. The number of nitrogens with zero attached hydrogens (tertiary/aromatic N) is 3. The Hall–Kier alpha value is -3.15. The predicted octanol–water partition coefficient (Wildman–Crippen LogP) is 3.27. The Morgan fingerprint density at radius 3 is 2.36 bits per heavy atom. The van der Waals surface area contributed by atoms with E-state index in [0.29, 0.717) is 45.8 Å². The van der Waals surface area contributed by atoms with Gasteiger partial charge in [0.2, 0.25) is 0 Å². The molecule has 0 bridgehead atoms. The third-order valence-electron chi connectivity index (χ3n) is 6.70. The van der Waals surface area contributed by atoms with E-state index < -0.39 is 11.6 Å². The maximum absolute atomic E-state index is 15.6. The average molecular weight is 595 g/mol. The fourth-order valence-electron chi connectivity index (χ4n) is 4.93. The van der Waals surface area contributed by atoms with Crippen LogP contribution >= 0.6 is 0 Å². The smallest absolute Gasteiger partial charge is 1.00 e. The van der Waals surface area contributed by atoms with Crippen LogP contribution in [0.4, 0.5) is 4.39 Å². The van der Waals surface area contributed by atoms with Crippen molar-refractivity contribution in [1.82, 2.24) is 19.7 Å². The van der Waals surface area contributed by atoms with E-state index in [1.807, 2.05) is 52.0 Å². The fraction of sp³-hybridized carbons (Fsp3) is 0.250. The van der Waals surface area contributed by atoms with Gasteiger partial charge in [-0.25, -0.2) is 14.2 Å². The van der Waals surface area contributed by atoms with Crippen molar-refractivity contribution in [2.24, 2.45) is 0 Å². The molecule has 0 atom stereocenters. The van der Waals surface area contributed by atoms with Crippen LogP contribution in [0.3, 0.4) is 0 Å². The van der Waals surface area contributed by atoms with Gasteiger partial charge in [0.1, 0.15) is 17.4 Å². The number of aromatic amines is 1. The summed E-state index contributed by atoms with van der Waals surface area (Å²) in [7, 11) is 0. The van der Waals surface area contributed by atoms with Crippen LogP contribution in [0.15, 0.2) is 80.8 Å². The maximum Gasteiger partial charge on any atom is 1.00 e. The van der Waals surface area contributed by atoms with Crippen molar-refractivity contribution in [2.75, 3.05) is 0 Å². The number of hydrogen-bond acceptors (Lipinski definition) is 6. The first-order valence-corrected chi connectivity index (χ1v) is 13.6. The number of H-pyrrole nitrogens is 1. The number of ether oxygens (including phenoxy) is 1. The molecular weight excluding hydrogens is 562 g/mol. The van der Waals surface area contributed by atoms with Gasteiger partial charge in [-0.1, -0.05) is 60.6 Å². The van der Waals surface area contributed by atoms with Crippen LogP contribution in [-0.2, 0) is 13.0 Å². The minimum atomic E-state index is -0.690. The van der Waals surface area contributed by atoms with E-state index in [9.17, 15) is 9.59 Å². The number of rotatable bonds is 9. The van der Waals surface area contributed by atoms with Crippen molar-refractivity contribution >= 4 is 0 Å². The van der Waals surface area contributed by atoms with Crippen LogP contribution < -0.4 is 67.4 Å². The van der Waals surface area contributed by atoms with Crippen LogP contribution in [0.1, 0.15) is 45.7 Å². The number of aryl methyl sites for hydroxylation is 2. The number of nitrogens with one attached hydrogen (secondary N) is 1. The molecule has 5 rings (SSSR count). The Labute approximate surface area is 286 Å². The standard InChI is InChI=1S/C32H31FN4O4.K.H/c1-5-8-28-34-20(4)29(22-12-14-23(15-13-22)40-19(2)3)31(38)37(28)18-21-11-16-25(27(33)17-21)24-9-6-7-10-26(24)30-35-32(39)41-36-30;;/h6-7,9-17,19H,5,8,18H2,1-4H3,(H,35,36,39);;/q;+1;-1. The summed E-state index contributed by atoms with van der Waals surface area (Å²) >= 11 is 0. The molecule has 5 aromatic rings. The summed E-state index contributed by atoms with van der Waals surface area (Å²) in [5.74, 6) is 0.441. The second kappa shape index (κ2) is 13.9. The van der Waals surface area contributed by atoms with Crippen molar-refractivity contribution < 1.29 is 66.5 Å². The summed E-state index contributed by atoms with van der Waals surface area (Å²) in [6.07, 6.45) is 1.46. The van der Waals surface area contributed by atoms with E-state index in [0.717, 1.165) is 17.7 Å². The van der Waals surface area contributed by atoms with Crippen molar-refractivity contribution in [3.05, 3.63) is 111 Å². The Bertz CT molecular complexity index is 1820. The third kappa shape index (κ3) is 6.90. The zero-order valence-corrected chi connectivity index (χ0v) is 27.5. The molecular formula is C32H32FKN4O4. The fourth-order valence-corrected chi connectivity index (χ4v) is 4.93. The molecule has 0 radical (unpaired) electrons. The van der Waals surface area contributed by atoms with Crippen LogP contribution in [0, 0.1) is 12.7 Å². The molecule has 0 aliphatic rings. The molecule has 0 unspecified atom stereocenters. The molecule has 2 aromatic heterocycles. The predicted molar refractivity (Wildman–Crippen MR) is 157 cm³/mol. The van der Waals surface area contributed by atoms with E-state index in [4.69, 9.17) is 9.72 Å². The summed E-state index contributed by atoms with van der Waals surface area (Å²) < 4.78 is 27.6. The molecule has 3 aromatic carbocycles. The SMILES string of the molecule is CCCc1nc(C)c(-c2ccc(OC(C)C)cc2)c(=O)n1Cc1ccc(-c2ccccc2-c2noc(=O)[nH]2)c(F)c1.[H-].[K+]. The largest absolute Gasteiger partial charge is 1.00 e. The zero-order valence-electron chi connectivity index (χ0n) is 25.4. The van der Waals surface area contributed by atoms with Gasteiger partial charge in [-0.05, 0) is 62.1 Å². The van der Waals surface area contributed by atoms with Gasteiger partial charge in [0.05, 0.1) is 23.9 Å². The molecule has 10 heteroatoms. The second-order valence-corrected chi connectivity index (χ2v) is 10.1. The summed E-state index contributed by atoms with van der Waals surface area (Å²) in [4.78, 5) is 32.7. The van der Waals surface area contributed by atoms with Crippen molar-refractivity contribution in [2.45, 2.75) is 53.2 Å². The first-order chi connectivity index (χ1) is 19.7. The van der Waals surface area contributed by atoms with E-state index in [1.54, 1.807) is 41.0 Å². The van der Waals surface area contributed by atoms with E-state index in [-0.39, 0.29) is 76.8 Å². The summed E-state index contributed by atoms with van der Waals surface area (Å²) in [5, 5.41) is 3.75. The molecule has 0 saturated heterocycles. The van der Waals surface area contributed by atoms with Gasteiger partial charge in [-0.15, -0.1) is 0 Å². The first-order valence-electron chi connectivity index (χ1n) is 13.6. The van der Waals surface area contributed by atoms with Gasteiger partial charge >= 0.3 is 57.1 Å². The Morgan fingerprint density at radius 1 is 1.02 bits per heavy atom. The second-order valence-electron chi connectivity index (χ2n) is 10.1. The van der Waals surface area contributed by atoms with Gasteiger partial charge in [0, 0.05) is 17.5 Å². The normalized spacial score (nSPS) is 11.0. The molecule has 0 amide bonds. The Kier molecular flexibility index (Phi) is 10.5.